The fourth-order valence-electron chi connectivity index (χ4n) is 0.956. The predicted molar refractivity (Wildman–Crippen MR) is 55.0 cm³/mol. The van der Waals surface area contributed by atoms with Gasteiger partial charge in [0, 0.05) is 0 Å². The van der Waals surface area contributed by atoms with E-state index in [2.05, 4.69) is 15.0 Å². The molecule has 1 amide bonds. The van der Waals surface area contributed by atoms with Crippen LogP contribution >= 0.6 is 11.6 Å². The maximum atomic E-state index is 11.8. The fourth-order valence-corrected chi connectivity index (χ4v) is 1.15. The molecule has 0 aliphatic rings. The molecular weight excluding hydrogens is 261 g/mol. The first-order chi connectivity index (χ1) is 7.78. The Morgan fingerprint density at radius 3 is 2.71 bits per heavy atom. The Hall–Kier alpha value is -1.50. The Balaban J connectivity index is 2.57. The van der Waals surface area contributed by atoms with Crippen LogP contribution in [0.25, 0.3) is 0 Å². The van der Waals surface area contributed by atoms with Crippen molar-refractivity contribution in [1.82, 2.24) is 4.98 Å². The predicted octanol–water partition coefficient (Wildman–Crippen LogP) is 3.15. The minimum atomic E-state index is -4.55. The summed E-state index contributed by atoms with van der Waals surface area (Å²) in [5.74, 6) is 0. The molecule has 17 heavy (non-hydrogen) atoms. The molecule has 0 aromatic carbocycles. The van der Waals surface area contributed by atoms with E-state index in [0.717, 1.165) is 0 Å². The number of pyridine rings is 1. The van der Waals surface area contributed by atoms with Crippen LogP contribution in [-0.2, 0) is 4.74 Å². The lowest BCUT2D eigenvalue weighted by Crippen LogP contribution is -2.23. The van der Waals surface area contributed by atoms with E-state index in [4.69, 9.17) is 11.6 Å². The van der Waals surface area contributed by atoms with Crippen LogP contribution in [0.2, 0.25) is 5.15 Å². The zero-order valence-electron chi connectivity index (χ0n) is 8.64. The Morgan fingerprint density at radius 1 is 1.53 bits per heavy atom. The summed E-state index contributed by atoms with van der Waals surface area (Å²) in [6, 6.07) is 2.81. The number of nitrogens with zero attached hydrogens (tertiary/aromatic N) is 1. The second-order valence-electron chi connectivity index (χ2n) is 3.08. The summed E-state index contributed by atoms with van der Waals surface area (Å²) in [5, 5.41) is 2.35. The third-order valence-corrected chi connectivity index (χ3v) is 1.87. The molecule has 1 N–H and O–H groups in total. The number of hydrogen-bond donors (Lipinski definition) is 1. The molecule has 0 saturated heterocycles. The Morgan fingerprint density at radius 2 is 2.18 bits per heavy atom. The molecule has 0 fully saturated rings. The summed E-state index contributed by atoms with van der Waals surface area (Å²) in [4.78, 5) is 14.8. The second kappa shape index (κ2) is 5.22. The number of carbonyl (C=O) groups is 1. The molecule has 0 bridgehead atoms. The number of aryl methyl sites for hydroxylation is 1. The standard InChI is InChI=1S/C9H8ClF3N2O2/c1-5-6(2-3-7(10)14-5)15-8(16)17-4-9(11,12)13/h2-3H,4H2,1H3,(H,15,16). The van der Waals surface area contributed by atoms with E-state index >= 15 is 0 Å². The zero-order valence-corrected chi connectivity index (χ0v) is 9.39. The van der Waals surface area contributed by atoms with Gasteiger partial charge < -0.3 is 4.74 Å². The highest BCUT2D eigenvalue weighted by molar-refractivity contribution is 6.29. The van der Waals surface area contributed by atoms with Crippen LogP contribution in [0.5, 0.6) is 0 Å². The molecule has 0 radical (unpaired) electrons. The first-order valence-corrected chi connectivity index (χ1v) is 4.79. The van der Waals surface area contributed by atoms with Crippen LogP contribution < -0.4 is 5.32 Å². The molecule has 4 nitrogen and oxygen atoms in total. The number of alkyl halides is 3. The molecule has 1 heterocycles. The van der Waals surface area contributed by atoms with Crippen molar-refractivity contribution in [2.45, 2.75) is 13.1 Å². The molecule has 0 saturated carbocycles. The van der Waals surface area contributed by atoms with Gasteiger partial charge >= 0.3 is 12.3 Å². The summed E-state index contributed by atoms with van der Waals surface area (Å²) in [6.07, 6.45) is -5.75. The molecule has 0 unspecified atom stereocenters. The number of carbonyl (C=O) groups excluding carboxylic acids is 1. The fraction of sp³-hybridized carbons (Fsp3) is 0.333. The third-order valence-electron chi connectivity index (χ3n) is 1.66. The number of amides is 1. The van der Waals surface area contributed by atoms with Gasteiger partial charge in [-0.2, -0.15) is 13.2 Å². The van der Waals surface area contributed by atoms with Crippen molar-refractivity contribution >= 4 is 23.4 Å². The quantitative estimate of drug-likeness (QED) is 0.838. The molecule has 0 spiro atoms. The smallest absolute Gasteiger partial charge is 0.422 e. The van der Waals surface area contributed by atoms with E-state index in [0.29, 0.717) is 5.69 Å². The van der Waals surface area contributed by atoms with Crippen LogP contribution in [0, 0.1) is 6.92 Å². The number of halogens is 4. The number of hydrogen-bond acceptors (Lipinski definition) is 3. The maximum absolute atomic E-state index is 11.8. The highest BCUT2D eigenvalue weighted by Crippen LogP contribution is 2.17. The van der Waals surface area contributed by atoms with Crippen LogP contribution in [0.15, 0.2) is 12.1 Å². The van der Waals surface area contributed by atoms with Crippen LogP contribution in [0.1, 0.15) is 5.69 Å². The third kappa shape index (κ3) is 4.90. The van der Waals surface area contributed by atoms with Gasteiger partial charge in [0.05, 0.1) is 11.4 Å². The summed E-state index contributed by atoms with van der Waals surface area (Å²) in [5.41, 5.74) is 0.614. The number of ether oxygens (including phenoxy) is 1. The van der Waals surface area contributed by atoms with Crippen molar-refractivity contribution in [2.75, 3.05) is 11.9 Å². The Bertz CT molecular complexity index is 423. The minimum absolute atomic E-state index is 0.219. The number of aromatic nitrogens is 1. The van der Waals surface area contributed by atoms with Crippen molar-refractivity contribution in [3.05, 3.63) is 23.0 Å². The van der Waals surface area contributed by atoms with Crippen molar-refractivity contribution < 1.29 is 22.7 Å². The lowest BCUT2D eigenvalue weighted by Gasteiger charge is -2.10. The summed E-state index contributed by atoms with van der Waals surface area (Å²) >= 11 is 5.57. The highest BCUT2D eigenvalue weighted by Gasteiger charge is 2.29. The Labute approximate surface area is 99.7 Å². The SMILES string of the molecule is Cc1nc(Cl)ccc1NC(=O)OCC(F)(F)F. The van der Waals surface area contributed by atoms with E-state index in [1.54, 1.807) is 6.92 Å². The van der Waals surface area contributed by atoms with Gasteiger partial charge in [0.15, 0.2) is 6.61 Å². The lowest BCUT2D eigenvalue weighted by molar-refractivity contribution is -0.159. The summed E-state index contributed by atoms with van der Waals surface area (Å²) < 4.78 is 39.2. The first kappa shape index (κ1) is 13.6. The van der Waals surface area contributed by atoms with Gasteiger partial charge in [-0.05, 0) is 19.1 Å². The largest absolute Gasteiger partial charge is 0.440 e. The summed E-state index contributed by atoms with van der Waals surface area (Å²) in [7, 11) is 0. The normalized spacial score (nSPS) is 11.1. The Kier molecular flexibility index (Phi) is 4.17. The molecule has 0 atom stereocenters. The number of nitrogens with one attached hydrogen (secondary N) is 1. The van der Waals surface area contributed by atoms with Gasteiger partial charge in [-0.25, -0.2) is 9.78 Å². The molecule has 0 aliphatic carbocycles. The molecule has 0 aliphatic heterocycles. The van der Waals surface area contributed by atoms with Gasteiger partial charge in [0.25, 0.3) is 0 Å². The van der Waals surface area contributed by atoms with E-state index in [1.807, 2.05) is 0 Å². The molecule has 1 aromatic rings. The topological polar surface area (TPSA) is 51.2 Å². The van der Waals surface area contributed by atoms with Gasteiger partial charge in [0.2, 0.25) is 0 Å². The summed E-state index contributed by atoms with van der Waals surface area (Å²) in [6.45, 7) is -0.0931. The van der Waals surface area contributed by atoms with Crippen molar-refractivity contribution in [1.29, 1.82) is 0 Å². The average molecular weight is 269 g/mol. The lowest BCUT2D eigenvalue weighted by atomic mass is 10.3. The number of rotatable bonds is 2. The van der Waals surface area contributed by atoms with Gasteiger partial charge in [-0.1, -0.05) is 11.6 Å². The van der Waals surface area contributed by atoms with Crippen LogP contribution in [0.3, 0.4) is 0 Å². The van der Waals surface area contributed by atoms with Crippen LogP contribution in [0.4, 0.5) is 23.7 Å². The van der Waals surface area contributed by atoms with Gasteiger partial charge in [-0.3, -0.25) is 5.32 Å². The van der Waals surface area contributed by atoms with Crippen LogP contribution in [-0.4, -0.2) is 23.9 Å². The van der Waals surface area contributed by atoms with Crippen molar-refractivity contribution in [2.24, 2.45) is 0 Å². The van der Waals surface area contributed by atoms with Crippen molar-refractivity contribution in [3.8, 4) is 0 Å². The second-order valence-corrected chi connectivity index (χ2v) is 3.47. The van der Waals surface area contributed by atoms with E-state index in [1.165, 1.54) is 12.1 Å². The molecule has 1 rings (SSSR count). The van der Waals surface area contributed by atoms with Gasteiger partial charge in [0.1, 0.15) is 5.15 Å². The first-order valence-electron chi connectivity index (χ1n) is 4.41. The molecule has 8 heteroatoms. The van der Waals surface area contributed by atoms with Gasteiger partial charge in [-0.15, -0.1) is 0 Å². The van der Waals surface area contributed by atoms with E-state index in [-0.39, 0.29) is 10.8 Å². The highest BCUT2D eigenvalue weighted by atomic mass is 35.5. The molecule has 1 aromatic heterocycles. The zero-order chi connectivity index (χ0) is 13.1. The maximum Gasteiger partial charge on any atom is 0.422 e. The molecular formula is C9H8ClF3N2O2. The average Bonchev–Trinajstić information content (AvgIpc) is 2.18. The van der Waals surface area contributed by atoms with E-state index in [9.17, 15) is 18.0 Å². The van der Waals surface area contributed by atoms with Crippen molar-refractivity contribution in [3.63, 3.8) is 0 Å². The minimum Gasteiger partial charge on any atom is -0.440 e. The molecule has 94 valence electrons. The number of anilines is 1. The van der Waals surface area contributed by atoms with E-state index < -0.39 is 18.9 Å². The monoisotopic (exact) mass is 268 g/mol.